The van der Waals surface area contributed by atoms with Crippen molar-refractivity contribution in [3.63, 3.8) is 0 Å². The van der Waals surface area contributed by atoms with Crippen molar-refractivity contribution in [2.75, 3.05) is 6.61 Å². The predicted molar refractivity (Wildman–Crippen MR) is 119 cm³/mol. The molecule has 3 rings (SSSR count). The van der Waals surface area contributed by atoms with Gasteiger partial charge in [0.15, 0.2) is 0 Å². The molecular formula is C25H36FNO5. The molecule has 0 aromatic heterocycles. The van der Waals surface area contributed by atoms with E-state index in [9.17, 15) is 14.0 Å². The second kappa shape index (κ2) is 10.6. The molecule has 7 heteroatoms. The molecule has 32 heavy (non-hydrogen) atoms. The van der Waals surface area contributed by atoms with Crippen molar-refractivity contribution >= 4 is 12.1 Å². The van der Waals surface area contributed by atoms with Crippen molar-refractivity contribution in [1.82, 2.24) is 5.32 Å². The van der Waals surface area contributed by atoms with Crippen molar-refractivity contribution < 1.29 is 28.2 Å². The summed E-state index contributed by atoms with van der Waals surface area (Å²) in [5.41, 5.74) is 0.323. The van der Waals surface area contributed by atoms with Crippen LogP contribution in [0.1, 0.15) is 65.4 Å². The van der Waals surface area contributed by atoms with Gasteiger partial charge in [0.05, 0.1) is 6.10 Å². The minimum Gasteiger partial charge on any atom is -0.461 e. The minimum atomic E-state index is -0.763. The summed E-state index contributed by atoms with van der Waals surface area (Å²) < 4.78 is 30.8. The number of halogens is 1. The molecule has 1 aliphatic heterocycles. The first kappa shape index (κ1) is 24.5. The Balaban J connectivity index is 1.72. The van der Waals surface area contributed by atoms with Gasteiger partial charge in [-0.15, -0.1) is 0 Å². The van der Waals surface area contributed by atoms with Crippen LogP contribution >= 0.6 is 0 Å². The van der Waals surface area contributed by atoms with Crippen molar-refractivity contribution in [1.29, 1.82) is 0 Å². The molecule has 2 aliphatic rings. The van der Waals surface area contributed by atoms with Gasteiger partial charge < -0.3 is 19.5 Å². The van der Waals surface area contributed by atoms with E-state index in [0.29, 0.717) is 31.8 Å². The molecule has 4 atom stereocenters. The molecular weight excluding hydrogens is 413 g/mol. The van der Waals surface area contributed by atoms with E-state index in [-0.39, 0.29) is 17.8 Å². The summed E-state index contributed by atoms with van der Waals surface area (Å²) in [5.74, 6) is -0.187. The largest absolute Gasteiger partial charge is 0.461 e. The standard InChI is InChI=1S/C25H36FNO5/c1-16-20(14-17-10-12-19(26)13-11-17)22(30-15-18-8-9-18)7-5-6-21(23(28)31-16)27-24(29)32-25(2,3)4/h10-13,16,18,20-22H,5-9,14-15H2,1-4H3,(H,27,29)/t16-,20-,21-,22-/m0/s1. The lowest BCUT2D eigenvalue weighted by Gasteiger charge is -2.31. The van der Waals surface area contributed by atoms with Crippen molar-refractivity contribution in [2.24, 2.45) is 11.8 Å². The van der Waals surface area contributed by atoms with Gasteiger partial charge in [-0.1, -0.05) is 12.1 Å². The Morgan fingerprint density at radius 3 is 2.47 bits per heavy atom. The fourth-order valence-corrected chi connectivity index (χ4v) is 4.03. The maximum Gasteiger partial charge on any atom is 0.408 e. The van der Waals surface area contributed by atoms with E-state index in [2.05, 4.69) is 5.32 Å². The smallest absolute Gasteiger partial charge is 0.408 e. The summed E-state index contributed by atoms with van der Waals surface area (Å²) in [5, 5.41) is 2.67. The first-order valence-corrected chi connectivity index (χ1v) is 11.7. The van der Waals surface area contributed by atoms with Gasteiger partial charge in [-0.2, -0.15) is 0 Å². The van der Waals surface area contributed by atoms with Gasteiger partial charge in [-0.3, -0.25) is 0 Å². The predicted octanol–water partition coefficient (Wildman–Crippen LogP) is 4.79. The van der Waals surface area contributed by atoms with E-state index in [0.717, 1.165) is 12.0 Å². The Labute approximate surface area is 190 Å². The van der Waals surface area contributed by atoms with Crippen LogP contribution in [0.15, 0.2) is 24.3 Å². The van der Waals surface area contributed by atoms with Crippen LogP contribution in [-0.4, -0.2) is 42.5 Å². The topological polar surface area (TPSA) is 73.9 Å². The Bertz CT molecular complexity index is 772. The summed E-state index contributed by atoms with van der Waals surface area (Å²) >= 11 is 0. The second-order valence-electron chi connectivity index (χ2n) is 10.1. The summed E-state index contributed by atoms with van der Waals surface area (Å²) in [6, 6.07) is 5.66. The Kier molecular flexibility index (Phi) is 8.15. The Hall–Kier alpha value is -2.15. The zero-order valence-corrected chi connectivity index (χ0v) is 19.6. The Morgan fingerprint density at radius 1 is 1.16 bits per heavy atom. The van der Waals surface area contributed by atoms with Gasteiger partial charge >= 0.3 is 12.1 Å². The molecule has 0 unspecified atom stereocenters. The van der Waals surface area contributed by atoms with Crippen LogP contribution in [0.2, 0.25) is 0 Å². The average Bonchev–Trinajstić information content (AvgIpc) is 3.51. The fraction of sp³-hybridized carbons (Fsp3) is 0.680. The molecule has 0 spiro atoms. The highest BCUT2D eigenvalue weighted by molar-refractivity contribution is 5.81. The lowest BCUT2D eigenvalue weighted by atomic mass is 9.87. The monoisotopic (exact) mass is 449 g/mol. The quantitative estimate of drug-likeness (QED) is 0.632. The van der Waals surface area contributed by atoms with Crippen LogP contribution in [0.25, 0.3) is 0 Å². The highest BCUT2D eigenvalue weighted by atomic mass is 19.1. The van der Waals surface area contributed by atoms with E-state index in [1.807, 2.05) is 6.92 Å². The van der Waals surface area contributed by atoms with Gasteiger partial charge in [-0.05, 0) is 89.8 Å². The summed E-state index contributed by atoms with van der Waals surface area (Å²) in [6.07, 6.45) is 3.80. The molecule has 178 valence electrons. The first-order valence-electron chi connectivity index (χ1n) is 11.7. The van der Waals surface area contributed by atoms with Gasteiger partial charge in [0.25, 0.3) is 0 Å². The molecule has 0 bridgehead atoms. The van der Waals surface area contributed by atoms with E-state index in [4.69, 9.17) is 14.2 Å². The summed E-state index contributed by atoms with van der Waals surface area (Å²) in [6.45, 7) is 7.91. The number of hydrogen-bond acceptors (Lipinski definition) is 5. The maximum absolute atomic E-state index is 13.4. The molecule has 6 nitrogen and oxygen atoms in total. The number of hydrogen-bond donors (Lipinski definition) is 1. The summed E-state index contributed by atoms with van der Waals surface area (Å²) in [4.78, 5) is 25.1. The number of carbonyl (C=O) groups is 2. The second-order valence-corrected chi connectivity index (χ2v) is 10.1. The normalized spacial score (nSPS) is 27.0. The van der Waals surface area contributed by atoms with Crippen LogP contribution < -0.4 is 5.32 Å². The summed E-state index contributed by atoms with van der Waals surface area (Å²) in [7, 11) is 0. The zero-order chi connectivity index (χ0) is 23.3. The average molecular weight is 450 g/mol. The molecule has 1 aliphatic carbocycles. The number of rotatable bonds is 6. The lowest BCUT2D eigenvalue weighted by Crippen LogP contribution is -2.45. The number of alkyl carbamates (subject to hydrolysis) is 1. The Morgan fingerprint density at radius 2 is 1.84 bits per heavy atom. The molecule has 1 saturated carbocycles. The number of amides is 1. The van der Waals surface area contributed by atoms with Crippen LogP contribution in [0.4, 0.5) is 9.18 Å². The maximum atomic E-state index is 13.4. The zero-order valence-electron chi connectivity index (χ0n) is 19.6. The highest BCUT2D eigenvalue weighted by Gasteiger charge is 2.36. The molecule has 1 aromatic rings. The van der Waals surface area contributed by atoms with E-state index >= 15 is 0 Å². The number of carbonyl (C=O) groups excluding carboxylic acids is 2. The number of esters is 1. The highest BCUT2D eigenvalue weighted by Crippen LogP contribution is 2.33. The first-order chi connectivity index (χ1) is 15.1. The molecule has 1 amide bonds. The molecule has 2 fully saturated rings. The SMILES string of the molecule is C[C@@H]1OC(=O)[C@@H](NC(=O)OC(C)(C)C)CCC[C@H](OCC2CC2)[C@H]1Cc1ccc(F)cc1. The van der Waals surface area contributed by atoms with Gasteiger partial charge in [-0.25, -0.2) is 14.0 Å². The van der Waals surface area contributed by atoms with Crippen LogP contribution in [0.5, 0.6) is 0 Å². The fourth-order valence-electron chi connectivity index (χ4n) is 4.03. The minimum absolute atomic E-state index is 0.0663. The van der Waals surface area contributed by atoms with Crippen molar-refractivity contribution in [3.05, 3.63) is 35.6 Å². The number of ether oxygens (including phenoxy) is 3. The van der Waals surface area contributed by atoms with Crippen molar-refractivity contribution in [3.8, 4) is 0 Å². The molecule has 0 radical (unpaired) electrons. The number of nitrogens with one attached hydrogen (secondary N) is 1. The van der Waals surface area contributed by atoms with E-state index in [1.54, 1.807) is 32.9 Å². The third kappa shape index (κ3) is 7.76. The van der Waals surface area contributed by atoms with Gasteiger partial charge in [0.2, 0.25) is 0 Å². The molecule has 1 heterocycles. The molecule has 1 saturated heterocycles. The van der Waals surface area contributed by atoms with Gasteiger partial charge in [0.1, 0.15) is 23.6 Å². The third-order valence-electron chi connectivity index (χ3n) is 5.97. The van der Waals surface area contributed by atoms with Gasteiger partial charge in [0, 0.05) is 12.5 Å². The third-order valence-corrected chi connectivity index (χ3v) is 5.97. The molecule has 1 N–H and O–H groups in total. The van der Waals surface area contributed by atoms with Crippen LogP contribution in [-0.2, 0) is 25.4 Å². The van der Waals surface area contributed by atoms with Crippen molar-refractivity contribution in [2.45, 2.75) is 90.1 Å². The van der Waals surface area contributed by atoms with Crippen LogP contribution in [0.3, 0.4) is 0 Å². The number of cyclic esters (lactones) is 1. The lowest BCUT2D eigenvalue weighted by molar-refractivity contribution is -0.156. The molecule has 1 aromatic carbocycles. The van der Waals surface area contributed by atoms with E-state index in [1.165, 1.54) is 25.0 Å². The van der Waals surface area contributed by atoms with E-state index < -0.39 is 29.8 Å². The van der Waals surface area contributed by atoms with Crippen LogP contribution in [0, 0.1) is 17.7 Å². The number of benzene rings is 1.